The summed E-state index contributed by atoms with van der Waals surface area (Å²) in [7, 11) is 0. The molecule has 0 aromatic heterocycles. The van der Waals surface area contributed by atoms with Crippen LogP contribution in [0.3, 0.4) is 0 Å². The molecular formula is C18H37O3. The first-order chi connectivity index (χ1) is 10.2. The molecule has 0 aliphatic heterocycles. The second-order valence-corrected chi connectivity index (χ2v) is 6.36. The van der Waals surface area contributed by atoms with Gasteiger partial charge in [-0.25, -0.2) is 0 Å². The van der Waals surface area contributed by atoms with Gasteiger partial charge in [-0.3, -0.25) is 0 Å². The molecule has 0 atom stereocenters. The highest BCUT2D eigenvalue weighted by atomic mass is 16.5. The predicted molar refractivity (Wildman–Crippen MR) is 89.2 cm³/mol. The third kappa shape index (κ3) is 16.1. The summed E-state index contributed by atoms with van der Waals surface area (Å²) in [5, 5.41) is 17.8. The van der Waals surface area contributed by atoms with E-state index in [2.05, 4.69) is 13.8 Å². The van der Waals surface area contributed by atoms with Gasteiger partial charge in [0.2, 0.25) is 0 Å². The fraction of sp³-hybridized carbons (Fsp3) is 0.944. The van der Waals surface area contributed by atoms with Crippen molar-refractivity contribution in [1.82, 2.24) is 0 Å². The monoisotopic (exact) mass is 301 g/mol. The number of unbranched alkanes of at least 4 members (excludes halogenated alkanes) is 4. The van der Waals surface area contributed by atoms with Gasteiger partial charge in [-0.2, -0.15) is 0 Å². The fourth-order valence-corrected chi connectivity index (χ4v) is 2.50. The number of aliphatic hydroxyl groups is 2. The maximum Gasteiger partial charge on any atom is 0.0466 e. The maximum atomic E-state index is 8.92. The van der Waals surface area contributed by atoms with E-state index in [1.54, 1.807) is 0 Å². The van der Waals surface area contributed by atoms with Gasteiger partial charge in [0.15, 0.2) is 0 Å². The smallest absolute Gasteiger partial charge is 0.0466 e. The van der Waals surface area contributed by atoms with Crippen LogP contribution in [-0.2, 0) is 4.74 Å². The van der Waals surface area contributed by atoms with E-state index in [0.29, 0.717) is 0 Å². The van der Waals surface area contributed by atoms with Crippen molar-refractivity contribution in [3.8, 4) is 0 Å². The van der Waals surface area contributed by atoms with E-state index >= 15 is 0 Å². The molecule has 3 nitrogen and oxygen atoms in total. The molecule has 0 aromatic rings. The minimum atomic E-state index is 0.187. The molecule has 0 fully saturated rings. The summed E-state index contributed by atoms with van der Waals surface area (Å²) in [6.45, 7) is 6.63. The number of rotatable bonds is 16. The number of hydrogen-bond acceptors (Lipinski definition) is 3. The van der Waals surface area contributed by atoms with Crippen LogP contribution >= 0.6 is 0 Å². The molecule has 0 amide bonds. The molecule has 0 aromatic carbocycles. The first kappa shape index (κ1) is 20.9. The average molecular weight is 301 g/mol. The Morgan fingerprint density at radius 2 is 1.33 bits per heavy atom. The van der Waals surface area contributed by atoms with E-state index < -0.39 is 0 Å². The van der Waals surface area contributed by atoms with Crippen molar-refractivity contribution in [2.45, 2.75) is 78.1 Å². The lowest BCUT2D eigenvalue weighted by atomic mass is 9.97. The minimum absolute atomic E-state index is 0.187. The van der Waals surface area contributed by atoms with Crippen LogP contribution < -0.4 is 0 Å². The van der Waals surface area contributed by atoms with Crippen LogP contribution in [-0.4, -0.2) is 36.6 Å². The Hall–Kier alpha value is -0.120. The molecule has 0 aliphatic rings. The normalized spacial score (nSPS) is 11.7. The summed E-state index contributed by atoms with van der Waals surface area (Å²) in [6, 6.07) is 0. The van der Waals surface area contributed by atoms with E-state index in [-0.39, 0.29) is 13.2 Å². The highest BCUT2D eigenvalue weighted by molar-refractivity contribution is 4.88. The summed E-state index contributed by atoms with van der Waals surface area (Å²) >= 11 is 0. The van der Waals surface area contributed by atoms with E-state index in [1.165, 1.54) is 44.4 Å². The van der Waals surface area contributed by atoms with Crippen molar-refractivity contribution < 1.29 is 14.9 Å². The number of hydrogen-bond donors (Lipinski definition) is 2. The third-order valence-corrected chi connectivity index (χ3v) is 3.82. The lowest BCUT2D eigenvalue weighted by Crippen LogP contribution is -2.06. The molecule has 0 aliphatic carbocycles. The van der Waals surface area contributed by atoms with Gasteiger partial charge >= 0.3 is 0 Å². The SMILES string of the molecule is CC(C)CCCCCCCOCCC[C](CCO)CCO. The standard InChI is InChI=1S/C18H37O3/c1-17(2)9-6-4-3-5-7-15-21-16-8-10-18(11-13-19)12-14-20/h17,19-20H,3-16H2,1-2H3. The van der Waals surface area contributed by atoms with Gasteiger partial charge in [0, 0.05) is 26.4 Å². The zero-order chi connectivity index (χ0) is 15.8. The van der Waals surface area contributed by atoms with Crippen LogP contribution in [0.25, 0.3) is 0 Å². The molecule has 0 bridgehead atoms. The molecule has 127 valence electrons. The summed E-state index contributed by atoms with van der Waals surface area (Å²) in [6.07, 6.45) is 11.3. The van der Waals surface area contributed by atoms with Crippen LogP contribution in [0.4, 0.5) is 0 Å². The Morgan fingerprint density at radius 1 is 0.762 bits per heavy atom. The first-order valence-electron chi connectivity index (χ1n) is 8.83. The Labute approximate surface area is 132 Å². The molecule has 0 unspecified atom stereocenters. The van der Waals surface area contributed by atoms with Crippen molar-refractivity contribution in [2.75, 3.05) is 26.4 Å². The summed E-state index contributed by atoms with van der Waals surface area (Å²) in [4.78, 5) is 0. The van der Waals surface area contributed by atoms with Crippen molar-refractivity contribution in [3.05, 3.63) is 5.92 Å². The predicted octanol–water partition coefficient (Wildman–Crippen LogP) is 4.12. The molecule has 0 saturated carbocycles. The van der Waals surface area contributed by atoms with E-state index in [4.69, 9.17) is 14.9 Å². The number of aliphatic hydroxyl groups excluding tert-OH is 2. The molecule has 3 heteroatoms. The van der Waals surface area contributed by atoms with Gasteiger partial charge in [-0.15, -0.1) is 0 Å². The summed E-state index contributed by atoms with van der Waals surface area (Å²) < 4.78 is 5.65. The van der Waals surface area contributed by atoms with Crippen molar-refractivity contribution in [2.24, 2.45) is 5.92 Å². The van der Waals surface area contributed by atoms with E-state index in [1.807, 2.05) is 0 Å². The quantitative estimate of drug-likeness (QED) is 0.422. The van der Waals surface area contributed by atoms with Gasteiger partial charge in [-0.05, 0) is 43.9 Å². The van der Waals surface area contributed by atoms with Crippen LogP contribution in [0.15, 0.2) is 0 Å². The summed E-state index contributed by atoms with van der Waals surface area (Å²) in [5.74, 6) is 2.10. The fourth-order valence-electron chi connectivity index (χ4n) is 2.50. The van der Waals surface area contributed by atoms with Crippen LogP contribution in [0.5, 0.6) is 0 Å². The second-order valence-electron chi connectivity index (χ2n) is 6.36. The Bertz CT molecular complexity index is 189. The van der Waals surface area contributed by atoms with Gasteiger partial charge in [0.1, 0.15) is 0 Å². The Balaban J connectivity index is 3.20. The van der Waals surface area contributed by atoms with E-state index in [9.17, 15) is 0 Å². The minimum Gasteiger partial charge on any atom is -0.396 e. The first-order valence-corrected chi connectivity index (χ1v) is 8.83. The molecule has 0 spiro atoms. The third-order valence-electron chi connectivity index (χ3n) is 3.82. The lowest BCUT2D eigenvalue weighted by Gasteiger charge is -2.13. The highest BCUT2D eigenvalue weighted by Gasteiger charge is 2.07. The highest BCUT2D eigenvalue weighted by Crippen LogP contribution is 2.17. The zero-order valence-electron chi connectivity index (χ0n) is 14.3. The van der Waals surface area contributed by atoms with Crippen LogP contribution in [0.2, 0.25) is 0 Å². The molecule has 0 saturated heterocycles. The molecule has 21 heavy (non-hydrogen) atoms. The van der Waals surface area contributed by atoms with Gasteiger partial charge < -0.3 is 14.9 Å². The molecular weight excluding hydrogens is 264 g/mol. The largest absolute Gasteiger partial charge is 0.396 e. The molecule has 0 heterocycles. The van der Waals surface area contributed by atoms with Crippen molar-refractivity contribution in [1.29, 1.82) is 0 Å². The molecule has 0 rings (SSSR count). The average Bonchev–Trinajstić information content (AvgIpc) is 2.44. The van der Waals surface area contributed by atoms with Gasteiger partial charge in [-0.1, -0.05) is 46.0 Å². The topological polar surface area (TPSA) is 49.7 Å². The lowest BCUT2D eigenvalue weighted by molar-refractivity contribution is 0.125. The van der Waals surface area contributed by atoms with E-state index in [0.717, 1.165) is 44.8 Å². The zero-order valence-corrected chi connectivity index (χ0v) is 14.3. The van der Waals surface area contributed by atoms with Crippen LogP contribution in [0, 0.1) is 11.8 Å². The van der Waals surface area contributed by atoms with Crippen molar-refractivity contribution >= 4 is 0 Å². The van der Waals surface area contributed by atoms with Crippen LogP contribution in [0.1, 0.15) is 78.1 Å². The molecule has 2 N–H and O–H groups in total. The second kappa shape index (κ2) is 16.3. The molecule has 1 radical (unpaired) electrons. The summed E-state index contributed by atoms with van der Waals surface area (Å²) in [5.41, 5.74) is 0. The van der Waals surface area contributed by atoms with Crippen molar-refractivity contribution in [3.63, 3.8) is 0 Å². The maximum absolute atomic E-state index is 8.92. The number of ether oxygens (including phenoxy) is 1. The Kier molecular flexibility index (Phi) is 16.2. The van der Waals surface area contributed by atoms with Gasteiger partial charge in [0.05, 0.1) is 0 Å². The Morgan fingerprint density at radius 3 is 1.95 bits per heavy atom. The van der Waals surface area contributed by atoms with Gasteiger partial charge in [0.25, 0.3) is 0 Å².